The lowest BCUT2D eigenvalue weighted by Crippen LogP contribution is -2.27. The van der Waals surface area contributed by atoms with Crippen LogP contribution in [0.4, 0.5) is 8.78 Å². The summed E-state index contributed by atoms with van der Waals surface area (Å²) in [5, 5.41) is 3.02. The molecule has 0 saturated carbocycles. The molecule has 1 aliphatic heterocycles. The molecule has 17 heavy (non-hydrogen) atoms. The van der Waals surface area contributed by atoms with Gasteiger partial charge in [-0.15, -0.1) is 0 Å². The Morgan fingerprint density at radius 1 is 1.35 bits per heavy atom. The molecular formula is C12H14ClF2NO. The number of hydrogen-bond donors (Lipinski definition) is 1. The van der Waals surface area contributed by atoms with Gasteiger partial charge in [0.1, 0.15) is 16.6 Å². The molecule has 0 atom stereocenters. The first-order valence-electron chi connectivity index (χ1n) is 5.57. The van der Waals surface area contributed by atoms with Crippen molar-refractivity contribution in [1.82, 2.24) is 5.32 Å². The highest BCUT2D eigenvalue weighted by molar-refractivity contribution is 6.32. The second kappa shape index (κ2) is 5.19. The summed E-state index contributed by atoms with van der Waals surface area (Å²) in [6, 6.07) is 1.16. The molecule has 0 bridgehead atoms. The quantitative estimate of drug-likeness (QED) is 0.826. The number of halogens is 3. The number of hydrogen-bond acceptors (Lipinski definition) is 2. The number of ether oxygens (including phenoxy) is 1. The first-order chi connectivity index (χ1) is 8.15. The van der Waals surface area contributed by atoms with E-state index in [1.807, 2.05) is 0 Å². The van der Waals surface area contributed by atoms with E-state index < -0.39 is 11.6 Å². The van der Waals surface area contributed by atoms with Gasteiger partial charge in [-0.2, -0.15) is 0 Å². The van der Waals surface area contributed by atoms with Crippen LogP contribution in [0.5, 0.6) is 5.75 Å². The maximum absolute atomic E-state index is 14.0. The number of nitrogens with one attached hydrogen (secondary N) is 1. The van der Waals surface area contributed by atoms with Crippen molar-refractivity contribution in [2.75, 3.05) is 20.2 Å². The van der Waals surface area contributed by atoms with Crippen molar-refractivity contribution in [3.63, 3.8) is 0 Å². The van der Waals surface area contributed by atoms with Crippen LogP contribution in [-0.2, 0) is 0 Å². The van der Waals surface area contributed by atoms with Crippen LogP contribution in [0.15, 0.2) is 6.07 Å². The van der Waals surface area contributed by atoms with E-state index in [9.17, 15) is 8.78 Å². The Balaban J connectivity index is 2.42. The fourth-order valence-electron chi connectivity index (χ4n) is 2.22. The lowest BCUT2D eigenvalue weighted by atomic mass is 9.89. The average molecular weight is 262 g/mol. The lowest BCUT2D eigenvalue weighted by molar-refractivity contribution is 0.395. The molecule has 1 aromatic rings. The van der Waals surface area contributed by atoms with Gasteiger partial charge in [0.05, 0.1) is 7.11 Å². The number of piperidine rings is 1. The van der Waals surface area contributed by atoms with Gasteiger partial charge in [-0.05, 0) is 31.8 Å². The second-order valence-electron chi connectivity index (χ2n) is 4.13. The molecule has 94 valence electrons. The minimum Gasteiger partial charge on any atom is -0.495 e. The summed E-state index contributed by atoms with van der Waals surface area (Å²) in [5.41, 5.74) is 0.0947. The Morgan fingerprint density at radius 2 is 2.00 bits per heavy atom. The van der Waals surface area contributed by atoms with E-state index in [4.69, 9.17) is 16.3 Å². The number of methoxy groups -OCH3 is 1. The fraction of sp³-hybridized carbons (Fsp3) is 0.500. The summed E-state index contributed by atoms with van der Waals surface area (Å²) >= 11 is 5.81. The first kappa shape index (κ1) is 12.6. The van der Waals surface area contributed by atoms with Gasteiger partial charge in [0.25, 0.3) is 0 Å². The number of benzene rings is 1. The van der Waals surface area contributed by atoms with Crippen LogP contribution in [0.3, 0.4) is 0 Å². The normalized spacial score (nSPS) is 17.2. The van der Waals surface area contributed by atoms with Gasteiger partial charge in [-0.3, -0.25) is 0 Å². The summed E-state index contributed by atoms with van der Waals surface area (Å²) in [5.74, 6) is -1.33. The van der Waals surface area contributed by atoms with E-state index in [-0.39, 0.29) is 22.3 Å². The minimum atomic E-state index is -0.685. The Labute approximate surface area is 104 Å². The van der Waals surface area contributed by atoms with E-state index in [1.54, 1.807) is 0 Å². The van der Waals surface area contributed by atoms with Gasteiger partial charge < -0.3 is 10.1 Å². The van der Waals surface area contributed by atoms with Crippen molar-refractivity contribution < 1.29 is 13.5 Å². The zero-order valence-corrected chi connectivity index (χ0v) is 10.3. The molecule has 1 aromatic carbocycles. The van der Waals surface area contributed by atoms with Gasteiger partial charge in [0.15, 0.2) is 5.82 Å². The second-order valence-corrected chi connectivity index (χ2v) is 4.50. The topological polar surface area (TPSA) is 21.3 Å². The van der Waals surface area contributed by atoms with Crippen LogP contribution in [0, 0.1) is 11.6 Å². The molecule has 0 unspecified atom stereocenters. The van der Waals surface area contributed by atoms with Crippen LogP contribution in [0.1, 0.15) is 24.3 Å². The molecule has 0 aliphatic carbocycles. The monoisotopic (exact) mass is 261 g/mol. The van der Waals surface area contributed by atoms with Crippen molar-refractivity contribution in [2.45, 2.75) is 18.8 Å². The molecular weight excluding hydrogens is 248 g/mol. The lowest BCUT2D eigenvalue weighted by Gasteiger charge is -2.24. The third-order valence-electron chi connectivity index (χ3n) is 3.13. The average Bonchev–Trinajstić information content (AvgIpc) is 2.35. The fourth-order valence-corrected chi connectivity index (χ4v) is 2.45. The molecule has 0 aromatic heterocycles. The van der Waals surface area contributed by atoms with E-state index in [0.717, 1.165) is 32.0 Å². The maximum atomic E-state index is 14.0. The molecule has 5 heteroatoms. The van der Waals surface area contributed by atoms with E-state index in [1.165, 1.54) is 7.11 Å². The highest BCUT2D eigenvalue weighted by Crippen LogP contribution is 2.37. The molecule has 1 fully saturated rings. The zero-order chi connectivity index (χ0) is 12.4. The molecule has 1 saturated heterocycles. The zero-order valence-electron chi connectivity index (χ0n) is 9.53. The van der Waals surface area contributed by atoms with E-state index in [0.29, 0.717) is 0 Å². The van der Waals surface area contributed by atoms with Gasteiger partial charge in [-0.1, -0.05) is 11.6 Å². The maximum Gasteiger partial charge on any atom is 0.151 e. The summed E-state index contributed by atoms with van der Waals surface area (Å²) < 4.78 is 32.7. The molecule has 1 aliphatic rings. The van der Waals surface area contributed by atoms with Crippen molar-refractivity contribution in [1.29, 1.82) is 0 Å². The summed E-state index contributed by atoms with van der Waals surface area (Å²) in [7, 11) is 1.34. The van der Waals surface area contributed by atoms with Crippen molar-refractivity contribution in [3.05, 3.63) is 28.3 Å². The third kappa shape index (κ3) is 2.38. The SMILES string of the molecule is COc1cc(F)c(C2CCNCC2)c(F)c1Cl. The predicted molar refractivity (Wildman–Crippen MR) is 62.8 cm³/mol. The predicted octanol–water partition coefficient (Wildman–Crippen LogP) is 3.09. The molecule has 0 amide bonds. The van der Waals surface area contributed by atoms with Crippen LogP contribution < -0.4 is 10.1 Å². The van der Waals surface area contributed by atoms with Crippen LogP contribution in [0.2, 0.25) is 5.02 Å². The molecule has 2 nitrogen and oxygen atoms in total. The summed E-state index contributed by atoms with van der Waals surface area (Å²) in [4.78, 5) is 0. The smallest absolute Gasteiger partial charge is 0.151 e. The highest BCUT2D eigenvalue weighted by Gasteiger charge is 2.26. The minimum absolute atomic E-state index is 0.0411. The summed E-state index contributed by atoms with van der Waals surface area (Å²) in [6.45, 7) is 1.54. The standard InChI is InChI=1S/C12H14ClF2NO/c1-17-9-6-8(14)10(12(15)11(9)13)7-2-4-16-5-3-7/h6-7,16H,2-5H2,1H3. The van der Waals surface area contributed by atoms with Crippen molar-refractivity contribution in [2.24, 2.45) is 0 Å². The first-order valence-corrected chi connectivity index (χ1v) is 5.95. The van der Waals surface area contributed by atoms with Gasteiger partial charge >= 0.3 is 0 Å². The molecule has 1 N–H and O–H groups in total. The molecule has 2 rings (SSSR count). The Morgan fingerprint density at radius 3 is 2.59 bits per heavy atom. The van der Waals surface area contributed by atoms with Crippen molar-refractivity contribution >= 4 is 11.6 Å². The van der Waals surface area contributed by atoms with Crippen molar-refractivity contribution in [3.8, 4) is 5.75 Å². The van der Waals surface area contributed by atoms with E-state index in [2.05, 4.69) is 5.32 Å². The van der Waals surface area contributed by atoms with Crippen LogP contribution in [0.25, 0.3) is 0 Å². The Bertz CT molecular complexity index is 419. The largest absolute Gasteiger partial charge is 0.495 e. The Kier molecular flexibility index (Phi) is 3.84. The van der Waals surface area contributed by atoms with Gasteiger partial charge in [0.2, 0.25) is 0 Å². The van der Waals surface area contributed by atoms with E-state index >= 15 is 0 Å². The Hall–Kier alpha value is -0.870. The highest BCUT2D eigenvalue weighted by atomic mass is 35.5. The third-order valence-corrected chi connectivity index (χ3v) is 3.48. The van der Waals surface area contributed by atoms with Gasteiger partial charge in [0, 0.05) is 11.6 Å². The number of rotatable bonds is 2. The molecule has 1 heterocycles. The van der Waals surface area contributed by atoms with Crippen LogP contribution in [-0.4, -0.2) is 20.2 Å². The molecule has 0 spiro atoms. The summed E-state index contributed by atoms with van der Waals surface area (Å²) in [6.07, 6.45) is 1.44. The van der Waals surface area contributed by atoms with Gasteiger partial charge in [-0.25, -0.2) is 8.78 Å². The molecule has 0 radical (unpaired) electrons. The van der Waals surface area contributed by atoms with Crippen LogP contribution >= 0.6 is 11.6 Å².